The van der Waals surface area contributed by atoms with Crippen LogP contribution in [0, 0.1) is 15.9 Å². The first-order valence-electron chi connectivity index (χ1n) is 6.38. The predicted octanol–water partition coefficient (Wildman–Crippen LogP) is 4.24. The number of hydrogen-bond acceptors (Lipinski definition) is 3. The maximum absolute atomic E-state index is 13.3. The standard InChI is InChI=1S/C15H14ClFN2O2/c1-10(12-2-4-13(16)5-3-12)18-9-11-6-14(17)8-15(7-11)19(20)21/h2-8,10,18H,9H2,1H3/t10-/m0/s1. The zero-order valence-electron chi connectivity index (χ0n) is 11.3. The van der Waals surface area contributed by atoms with Gasteiger partial charge in [0.2, 0.25) is 0 Å². The summed E-state index contributed by atoms with van der Waals surface area (Å²) in [4.78, 5) is 10.1. The second-order valence-electron chi connectivity index (χ2n) is 4.73. The first kappa shape index (κ1) is 15.4. The molecule has 0 fully saturated rings. The molecule has 0 unspecified atom stereocenters. The Labute approximate surface area is 126 Å². The van der Waals surface area contributed by atoms with Gasteiger partial charge in [0.05, 0.1) is 11.0 Å². The Morgan fingerprint density at radius 3 is 2.57 bits per heavy atom. The number of nitrogens with zero attached hydrogens (tertiary/aromatic N) is 1. The molecule has 1 atom stereocenters. The van der Waals surface area contributed by atoms with Crippen molar-refractivity contribution < 1.29 is 9.31 Å². The average molecular weight is 309 g/mol. The maximum Gasteiger partial charge on any atom is 0.272 e. The number of hydrogen-bond donors (Lipinski definition) is 1. The van der Waals surface area contributed by atoms with Gasteiger partial charge in [-0.3, -0.25) is 10.1 Å². The number of halogens is 2. The molecule has 0 saturated heterocycles. The Morgan fingerprint density at radius 2 is 1.95 bits per heavy atom. The van der Waals surface area contributed by atoms with Gasteiger partial charge in [-0.15, -0.1) is 0 Å². The third-order valence-electron chi connectivity index (χ3n) is 3.14. The van der Waals surface area contributed by atoms with Crippen LogP contribution in [0.3, 0.4) is 0 Å². The third kappa shape index (κ3) is 4.24. The van der Waals surface area contributed by atoms with Crippen LogP contribution in [0.2, 0.25) is 5.02 Å². The Morgan fingerprint density at radius 1 is 1.29 bits per heavy atom. The van der Waals surface area contributed by atoms with Crippen LogP contribution in [0.25, 0.3) is 0 Å². The largest absolute Gasteiger partial charge is 0.306 e. The van der Waals surface area contributed by atoms with E-state index in [1.54, 1.807) is 12.1 Å². The zero-order chi connectivity index (χ0) is 15.4. The third-order valence-corrected chi connectivity index (χ3v) is 3.39. The topological polar surface area (TPSA) is 55.2 Å². The number of nitro benzene ring substituents is 1. The normalized spacial score (nSPS) is 12.1. The van der Waals surface area contributed by atoms with Crippen LogP contribution in [0.15, 0.2) is 42.5 Å². The second kappa shape index (κ2) is 6.65. The van der Waals surface area contributed by atoms with E-state index in [-0.39, 0.29) is 11.7 Å². The molecule has 0 bridgehead atoms. The van der Waals surface area contributed by atoms with Gasteiger partial charge >= 0.3 is 0 Å². The molecule has 2 rings (SSSR count). The summed E-state index contributed by atoms with van der Waals surface area (Å²) in [6.07, 6.45) is 0. The lowest BCUT2D eigenvalue weighted by molar-refractivity contribution is -0.385. The van der Waals surface area contributed by atoms with Crippen molar-refractivity contribution in [3.8, 4) is 0 Å². The highest BCUT2D eigenvalue weighted by Gasteiger charge is 2.11. The number of nitro groups is 1. The van der Waals surface area contributed by atoms with E-state index in [0.717, 1.165) is 11.6 Å². The van der Waals surface area contributed by atoms with Crippen molar-refractivity contribution in [1.29, 1.82) is 0 Å². The van der Waals surface area contributed by atoms with Crippen LogP contribution < -0.4 is 5.32 Å². The van der Waals surface area contributed by atoms with Gasteiger partial charge < -0.3 is 5.32 Å². The van der Waals surface area contributed by atoms with Crippen LogP contribution in [-0.2, 0) is 6.54 Å². The molecule has 6 heteroatoms. The first-order valence-corrected chi connectivity index (χ1v) is 6.76. The maximum atomic E-state index is 13.3. The molecule has 0 amide bonds. The monoisotopic (exact) mass is 308 g/mol. The van der Waals surface area contributed by atoms with E-state index in [4.69, 9.17) is 11.6 Å². The SMILES string of the molecule is C[C@H](NCc1cc(F)cc([N+](=O)[O-])c1)c1ccc(Cl)cc1. The highest BCUT2D eigenvalue weighted by molar-refractivity contribution is 6.30. The minimum atomic E-state index is -0.611. The van der Waals surface area contributed by atoms with E-state index < -0.39 is 10.7 Å². The molecule has 0 heterocycles. The molecule has 0 spiro atoms. The lowest BCUT2D eigenvalue weighted by atomic mass is 10.1. The molecule has 0 aliphatic rings. The van der Waals surface area contributed by atoms with Gasteiger partial charge in [0, 0.05) is 23.7 Å². The fraction of sp³-hybridized carbons (Fsp3) is 0.200. The summed E-state index contributed by atoms with van der Waals surface area (Å²) >= 11 is 5.83. The molecule has 2 aromatic carbocycles. The predicted molar refractivity (Wildman–Crippen MR) is 79.8 cm³/mol. The minimum Gasteiger partial charge on any atom is -0.306 e. The van der Waals surface area contributed by atoms with Gasteiger partial charge in [-0.2, -0.15) is 0 Å². The molecule has 0 aliphatic carbocycles. The number of nitrogens with one attached hydrogen (secondary N) is 1. The van der Waals surface area contributed by atoms with Crippen LogP contribution in [0.1, 0.15) is 24.1 Å². The first-order chi connectivity index (χ1) is 9.95. The van der Waals surface area contributed by atoms with Gasteiger partial charge in [-0.05, 0) is 36.2 Å². The smallest absolute Gasteiger partial charge is 0.272 e. The summed E-state index contributed by atoms with van der Waals surface area (Å²) in [5, 5.41) is 14.6. The van der Waals surface area contributed by atoms with E-state index in [2.05, 4.69) is 5.32 Å². The van der Waals surface area contributed by atoms with E-state index in [1.165, 1.54) is 12.1 Å². The zero-order valence-corrected chi connectivity index (χ0v) is 12.1. The summed E-state index contributed by atoms with van der Waals surface area (Å²) in [6, 6.07) is 11.0. The van der Waals surface area contributed by atoms with Crippen molar-refractivity contribution in [2.45, 2.75) is 19.5 Å². The van der Waals surface area contributed by atoms with Crippen LogP contribution in [0.5, 0.6) is 0 Å². The van der Waals surface area contributed by atoms with E-state index in [0.29, 0.717) is 17.1 Å². The fourth-order valence-corrected chi connectivity index (χ4v) is 2.11. The van der Waals surface area contributed by atoms with Crippen LogP contribution in [0.4, 0.5) is 10.1 Å². The van der Waals surface area contributed by atoms with Crippen molar-refractivity contribution in [2.75, 3.05) is 0 Å². The van der Waals surface area contributed by atoms with Gasteiger partial charge in [-0.25, -0.2) is 4.39 Å². The molecule has 0 aromatic heterocycles. The Hall–Kier alpha value is -1.98. The number of benzene rings is 2. The summed E-state index contributed by atoms with van der Waals surface area (Å²) in [6.45, 7) is 2.29. The van der Waals surface area contributed by atoms with Crippen LogP contribution >= 0.6 is 11.6 Å². The molecular weight excluding hydrogens is 295 g/mol. The van der Waals surface area contributed by atoms with Gasteiger partial charge in [-0.1, -0.05) is 23.7 Å². The van der Waals surface area contributed by atoms with Crippen molar-refractivity contribution in [3.05, 3.63) is 74.5 Å². The molecule has 2 aromatic rings. The molecule has 4 nitrogen and oxygen atoms in total. The number of rotatable bonds is 5. The fourth-order valence-electron chi connectivity index (χ4n) is 1.98. The molecule has 0 saturated carbocycles. The quantitative estimate of drug-likeness (QED) is 0.664. The molecule has 1 N–H and O–H groups in total. The van der Waals surface area contributed by atoms with E-state index in [9.17, 15) is 14.5 Å². The highest BCUT2D eigenvalue weighted by Crippen LogP contribution is 2.19. The minimum absolute atomic E-state index is 0.0181. The number of non-ortho nitro benzene ring substituents is 1. The van der Waals surface area contributed by atoms with Gasteiger partial charge in [0.15, 0.2) is 0 Å². The van der Waals surface area contributed by atoms with E-state index in [1.807, 2.05) is 19.1 Å². The summed E-state index contributed by atoms with van der Waals surface area (Å²) in [5.41, 5.74) is 1.32. The molecule has 110 valence electrons. The molecule has 0 aliphatic heterocycles. The van der Waals surface area contributed by atoms with Gasteiger partial charge in [0.1, 0.15) is 5.82 Å². The molecular formula is C15H14ClFN2O2. The average Bonchev–Trinajstić information content (AvgIpc) is 2.45. The summed E-state index contributed by atoms with van der Waals surface area (Å²) in [5.74, 6) is -0.611. The van der Waals surface area contributed by atoms with Gasteiger partial charge in [0.25, 0.3) is 5.69 Å². The summed E-state index contributed by atoms with van der Waals surface area (Å²) < 4.78 is 13.3. The highest BCUT2D eigenvalue weighted by atomic mass is 35.5. The molecule has 21 heavy (non-hydrogen) atoms. The van der Waals surface area contributed by atoms with Crippen molar-refractivity contribution in [3.63, 3.8) is 0 Å². The van der Waals surface area contributed by atoms with E-state index >= 15 is 0 Å². The lowest BCUT2D eigenvalue weighted by Gasteiger charge is -2.14. The van der Waals surface area contributed by atoms with Crippen molar-refractivity contribution >= 4 is 17.3 Å². The molecule has 0 radical (unpaired) electrons. The van der Waals surface area contributed by atoms with Crippen molar-refractivity contribution in [1.82, 2.24) is 5.32 Å². The van der Waals surface area contributed by atoms with Crippen LogP contribution in [-0.4, -0.2) is 4.92 Å². The Bertz CT molecular complexity index is 647. The Kier molecular flexibility index (Phi) is 4.88. The van der Waals surface area contributed by atoms with Crippen molar-refractivity contribution in [2.24, 2.45) is 0 Å². The summed E-state index contributed by atoms with van der Waals surface area (Å²) in [7, 11) is 0. The lowest BCUT2D eigenvalue weighted by Crippen LogP contribution is -2.18. The second-order valence-corrected chi connectivity index (χ2v) is 5.17. The Balaban J connectivity index is 2.05.